The first-order valence-corrected chi connectivity index (χ1v) is 9.06. The molecule has 140 valence electrons. The quantitative estimate of drug-likeness (QED) is 0.523. The zero-order valence-electron chi connectivity index (χ0n) is 15.7. The van der Waals surface area contributed by atoms with Gasteiger partial charge in [0, 0.05) is 18.0 Å². The van der Waals surface area contributed by atoms with Crippen LogP contribution in [0.2, 0.25) is 0 Å². The molecule has 0 spiro atoms. The zero-order valence-corrected chi connectivity index (χ0v) is 15.7. The molecule has 0 aliphatic carbocycles. The number of fused-ring (bicyclic) bond motifs is 2. The molecule has 1 N–H and O–H groups in total. The molecule has 0 atom stereocenters. The lowest BCUT2D eigenvalue weighted by Gasteiger charge is -2.05. The topological polar surface area (TPSA) is 94.0 Å². The first-order valence-electron chi connectivity index (χ1n) is 9.06. The Hall–Kier alpha value is -3.68. The van der Waals surface area contributed by atoms with Gasteiger partial charge in [-0.15, -0.1) is 0 Å². The molecule has 1 aromatic carbocycles. The van der Waals surface area contributed by atoms with Gasteiger partial charge in [-0.05, 0) is 38.5 Å². The first-order chi connectivity index (χ1) is 13.5. The van der Waals surface area contributed by atoms with Crippen LogP contribution < -0.4 is 5.56 Å². The van der Waals surface area contributed by atoms with E-state index in [0.717, 1.165) is 28.7 Å². The summed E-state index contributed by atoms with van der Waals surface area (Å²) >= 11 is 0. The van der Waals surface area contributed by atoms with Crippen molar-refractivity contribution in [1.82, 2.24) is 29.4 Å². The van der Waals surface area contributed by atoms with Crippen LogP contribution in [0.15, 0.2) is 45.9 Å². The van der Waals surface area contributed by atoms with Gasteiger partial charge in [-0.1, -0.05) is 6.07 Å². The molecular weight excluding hydrogens is 356 g/mol. The number of aryl methyl sites for hydroxylation is 3. The molecule has 4 aromatic heterocycles. The third-order valence-electron chi connectivity index (χ3n) is 4.90. The van der Waals surface area contributed by atoms with E-state index in [1.807, 2.05) is 30.7 Å². The first kappa shape index (κ1) is 16.5. The second-order valence-electron chi connectivity index (χ2n) is 6.75. The van der Waals surface area contributed by atoms with Crippen LogP contribution in [0, 0.1) is 13.8 Å². The number of nitrogens with zero attached hydrogens (tertiary/aromatic N) is 5. The number of hydrogen-bond donors (Lipinski definition) is 1. The molecule has 28 heavy (non-hydrogen) atoms. The lowest BCUT2D eigenvalue weighted by Crippen LogP contribution is -2.14. The van der Waals surface area contributed by atoms with Crippen molar-refractivity contribution in [1.29, 1.82) is 0 Å². The molecule has 4 heterocycles. The van der Waals surface area contributed by atoms with E-state index in [0.29, 0.717) is 28.6 Å². The van der Waals surface area contributed by atoms with E-state index in [1.54, 1.807) is 18.5 Å². The summed E-state index contributed by atoms with van der Waals surface area (Å²) in [6.07, 6.45) is 3.23. The van der Waals surface area contributed by atoms with Gasteiger partial charge in [-0.25, -0.2) is 4.98 Å². The van der Waals surface area contributed by atoms with Crippen LogP contribution in [0.4, 0.5) is 0 Å². The van der Waals surface area contributed by atoms with Gasteiger partial charge in [-0.3, -0.25) is 9.48 Å². The van der Waals surface area contributed by atoms with Crippen molar-refractivity contribution in [2.45, 2.75) is 27.3 Å². The summed E-state index contributed by atoms with van der Waals surface area (Å²) in [7, 11) is 0. The molecule has 0 radical (unpaired) electrons. The second kappa shape index (κ2) is 5.91. The molecule has 0 bridgehead atoms. The minimum atomic E-state index is -0.223. The van der Waals surface area contributed by atoms with Crippen molar-refractivity contribution in [2.24, 2.45) is 0 Å². The van der Waals surface area contributed by atoms with Gasteiger partial charge < -0.3 is 9.40 Å². The number of aromatic nitrogens is 6. The maximum atomic E-state index is 12.6. The molecule has 0 aliphatic rings. The molecule has 5 rings (SSSR count). The highest BCUT2D eigenvalue weighted by Crippen LogP contribution is 2.27. The third kappa shape index (κ3) is 2.38. The number of oxazole rings is 1. The Labute approximate surface area is 159 Å². The predicted molar refractivity (Wildman–Crippen MR) is 105 cm³/mol. The Morgan fingerprint density at radius 2 is 2.04 bits per heavy atom. The number of hydrogen-bond acceptors (Lipinski definition) is 5. The maximum absolute atomic E-state index is 12.6. The van der Waals surface area contributed by atoms with Crippen LogP contribution >= 0.6 is 0 Å². The third-order valence-corrected chi connectivity index (χ3v) is 4.90. The number of rotatable bonds is 3. The smallest absolute Gasteiger partial charge is 0.274 e. The molecule has 5 aromatic rings. The van der Waals surface area contributed by atoms with Crippen molar-refractivity contribution in [3.63, 3.8) is 0 Å². The van der Waals surface area contributed by atoms with Crippen LogP contribution in [-0.2, 0) is 6.54 Å². The van der Waals surface area contributed by atoms with Crippen LogP contribution in [0.5, 0.6) is 0 Å². The highest BCUT2D eigenvalue weighted by molar-refractivity contribution is 5.87. The molecule has 8 nitrogen and oxygen atoms in total. The second-order valence-corrected chi connectivity index (χ2v) is 6.75. The Morgan fingerprint density at radius 1 is 1.18 bits per heavy atom. The minimum Gasteiger partial charge on any atom is -0.441 e. The van der Waals surface area contributed by atoms with E-state index < -0.39 is 0 Å². The highest BCUT2D eigenvalue weighted by atomic mass is 16.4. The summed E-state index contributed by atoms with van der Waals surface area (Å²) in [6.45, 7) is 6.69. The highest BCUT2D eigenvalue weighted by Gasteiger charge is 2.16. The SMILES string of the molecule is CCn1nc(C)c2cc(-c3cc(=O)n4ncc(-c5ncc(C)o5)c4[nH]3)ccc21. The largest absolute Gasteiger partial charge is 0.441 e. The number of benzene rings is 1. The molecule has 0 amide bonds. The van der Waals surface area contributed by atoms with Gasteiger partial charge in [0.25, 0.3) is 5.56 Å². The summed E-state index contributed by atoms with van der Waals surface area (Å²) in [5.74, 6) is 1.12. The zero-order chi connectivity index (χ0) is 19.4. The minimum absolute atomic E-state index is 0.223. The Balaban J connectivity index is 1.72. The summed E-state index contributed by atoms with van der Waals surface area (Å²) in [6, 6.07) is 7.62. The van der Waals surface area contributed by atoms with E-state index in [4.69, 9.17) is 4.42 Å². The van der Waals surface area contributed by atoms with Gasteiger partial charge in [0.1, 0.15) is 11.3 Å². The standard InChI is InChI=1S/C20H18N6O2/c1-4-25-17-6-5-13(7-14(17)12(3)24-25)16-8-18(27)26-19(23-16)15(10-22-26)20-21-9-11(2)28-20/h5-10,23H,4H2,1-3H3. The van der Waals surface area contributed by atoms with Gasteiger partial charge in [0.05, 0.1) is 29.3 Å². The van der Waals surface area contributed by atoms with Gasteiger partial charge in [0.15, 0.2) is 5.65 Å². The molecule has 0 saturated heterocycles. The fraction of sp³-hybridized carbons (Fsp3) is 0.200. The molecule has 0 fully saturated rings. The van der Waals surface area contributed by atoms with Crippen molar-refractivity contribution in [3.05, 3.63) is 58.5 Å². The Kier molecular flexibility index (Phi) is 3.48. The average molecular weight is 374 g/mol. The van der Waals surface area contributed by atoms with Crippen molar-refractivity contribution in [2.75, 3.05) is 0 Å². The van der Waals surface area contributed by atoms with Crippen LogP contribution in [0.25, 0.3) is 39.3 Å². The summed E-state index contributed by atoms with van der Waals surface area (Å²) < 4.78 is 8.90. The van der Waals surface area contributed by atoms with Gasteiger partial charge >= 0.3 is 0 Å². The lowest BCUT2D eigenvalue weighted by atomic mass is 10.1. The van der Waals surface area contributed by atoms with E-state index in [9.17, 15) is 4.79 Å². The Morgan fingerprint density at radius 3 is 2.79 bits per heavy atom. The van der Waals surface area contributed by atoms with Crippen molar-refractivity contribution < 1.29 is 4.42 Å². The van der Waals surface area contributed by atoms with E-state index >= 15 is 0 Å². The normalized spacial score (nSPS) is 11.7. The fourth-order valence-electron chi connectivity index (χ4n) is 3.52. The average Bonchev–Trinajstić information content (AvgIpc) is 3.38. The Bertz CT molecular complexity index is 1400. The molecule has 0 saturated carbocycles. The molecule has 0 aliphatic heterocycles. The number of nitrogens with one attached hydrogen (secondary N) is 1. The maximum Gasteiger partial charge on any atom is 0.274 e. The number of H-pyrrole nitrogens is 1. The monoisotopic (exact) mass is 374 g/mol. The number of aromatic amines is 1. The van der Waals surface area contributed by atoms with Gasteiger partial charge in [-0.2, -0.15) is 14.7 Å². The fourth-order valence-corrected chi connectivity index (χ4v) is 3.52. The summed E-state index contributed by atoms with van der Waals surface area (Å²) in [4.78, 5) is 20.2. The summed E-state index contributed by atoms with van der Waals surface area (Å²) in [5.41, 5.74) is 4.61. The summed E-state index contributed by atoms with van der Waals surface area (Å²) in [5, 5.41) is 9.81. The van der Waals surface area contributed by atoms with Crippen molar-refractivity contribution in [3.8, 4) is 22.7 Å². The van der Waals surface area contributed by atoms with Gasteiger partial charge in [0.2, 0.25) is 5.89 Å². The lowest BCUT2D eigenvalue weighted by molar-refractivity contribution is 0.543. The van der Waals surface area contributed by atoms with E-state index in [1.165, 1.54) is 4.52 Å². The van der Waals surface area contributed by atoms with E-state index in [2.05, 4.69) is 33.2 Å². The molecule has 0 unspecified atom stereocenters. The molecule has 8 heteroatoms. The van der Waals surface area contributed by atoms with Crippen molar-refractivity contribution >= 4 is 16.6 Å². The van der Waals surface area contributed by atoms with Crippen LogP contribution in [0.3, 0.4) is 0 Å². The van der Waals surface area contributed by atoms with Crippen LogP contribution in [0.1, 0.15) is 18.4 Å². The van der Waals surface area contributed by atoms with Crippen LogP contribution in [-0.4, -0.2) is 29.4 Å². The predicted octanol–water partition coefficient (Wildman–Crippen LogP) is 3.33. The molecular formula is C20H18N6O2. The van der Waals surface area contributed by atoms with E-state index in [-0.39, 0.29) is 5.56 Å².